The molecule has 0 spiro atoms. The van der Waals surface area contributed by atoms with Crippen molar-refractivity contribution in [3.05, 3.63) is 52.9 Å². The maximum Gasteiger partial charge on any atom is 0.257 e. The molecule has 5 nitrogen and oxygen atoms in total. The summed E-state index contributed by atoms with van der Waals surface area (Å²) in [7, 11) is 1.72. The Morgan fingerprint density at radius 3 is 2.70 bits per heavy atom. The largest absolute Gasteiger partial charge is 0.391 e. The maximum absolute atomic E-state index is 13.5. The van der Waals surface area contributed by atoms with Gasteiger partial charge >= 0.3 is 0 Å². The fourth-order valence-corrected chi connectivity index (χ4v) is 3.04. The van der Waals surface area contributed by atoms with Crippen LogP contribution in [0.15, 0.2) is 24.4 Å². The third-order valence-corrected chi connectivity index (χ3v) is 4.11. The van der Waals surface area contributed by atoms with E-state index >= 15 is 0 Å². The average Bonchev–Trinajstić information content (AvgIpc) is 3.03. The van der Waals surface area contributed by atoms with E-state index in [1.807, 2.05) is 0 Å². The maximum atomic E-state index is 13.5. The van der Waals surface area contributed by atoms with Gasteiger partial charge in [0.1, 0.15) is 0 Å². The number of benzene rings is 1. The van der Waals surface area contributed by atoms with Gasteiger partial charge in [0, 0.05) is 19.8 Å². The number of hydrogen-bond donors (Lipinski definition) is 1. The fourth-order valence-electron chi connectivity index (χ4n) is 3.04. The summed E-state index contributed by atoms with van der Waals surface area (Å²) in [6, 6.07) is 3.06. The van der Waals surface area contributed by atoms with Gasteiger partial charge in [0.25, 0.3) is 5.91 Å². The predicted octanol–water partition coefficient (Wildman–Crippen LogP) is 1.95. The Bertz CT molecular complexity index is 760. The molecular weight excluding hydrogens is 304 g/mol. The van der Waals surface area contributed by atoms with Gasteiger partial charge in [0.15, 0.2) is 11.6 Å². The number of halogens is 2. The zero-order valence-corrected chi connectivity index (χ0v) is 12.8. The molecule has 0 saturated carbocycles. The van der Waals surface area contributed by atoms with Crippen LogP contribution >= 0.6 is 0 Å². The lowest BCUT2D eigenvalue weighted by Crippen LogP contribution is -2.32. The van der Waals surface area contributed by atoms with Crippen molar-refractivity contribution in [3.63, 3.8) is 0 Å². The van der Waals surface area contributed by atoms with Gasteiger partial charge in [-0.25, -0.2) is 8.78 Å². The van der Waals surface area contributed by atoms with Crippen molar-refractivity contribution in [2.45, 2.75) is 25.5 Å². The summed E-state index contributed by atoms with van der Waals surface area (Å²) in [4.78, 5) is 14.2. The quantitative estimate of drug-likeness (QED) is 0.920. The zero-order valence-electron chi connectivity index (χ0n) is 12.8. The van der Waals surface area contributed by atoms with Gasteiger partial charge in [0.05, 0.1) is 23.4 Å². The van der Waals surface area contributed by atoms with Crippen LogP contribution in [0.4, 0.5) is 8.78 Å². The van der Waals surface area contributed by atoms with Crippen LogP contribution in [-0.4, -0.2) is 38.3 Å². The minimum atomic E-state index is -0.964. The van der Waals surface area contributed by atoms with Crippen molar-refractivity contribution < 1.29 is 18.7 Å². The monoisotopic (exact) mass is 321 g/mol. The summed E-state index contributed by atoms with van der Waals surface area (Å²) in [6.45, 7) is 1.88. The zero-order chi connectivity index (χ0) is 16.7. The summed E-state index contributed by atoms with van der Waals surface area (Å²) in [5.41, 5.74) is 1.49. The number of aromatic nitrogens is 2. The second-order valence-electron chi connectivity index (χ2n) is 5.84. The van der Waals surface area contributed by atoms with Crippen molar-refractivity contribution in [2.24, 2.45) is 7.05 Å². The van der Waals surface area contributed by atoms with E-state index in [0.29, 0.717) is 16.8 Å². The van der Waals surface area contributed by atoms with E-state index in [2.05, 4.69) is 5.10 Å². The molecule has 1 aromatic heterocycles. The molecular formula is C16H17F2N3O2. The van der Waals surface area contributed by atoms with E-state index in [4.69, 9.17) is 0 Å². The molecule has 1 fully saturated rings. The first kappa shape index (κ1) is 15.6. The number of aliphatic hydroxyl groups is 1. The van der Waals surface area contributed by atoms with Crippen molar-refractivity contribution >= 4 is 5.91 Å². The van der Waals surface area contributed by atoms with Gasteiger partial charge < -0.3 is 10.0 Å². The van der Waals surface area contributed by atoms with E-state index in [1.54, 1.807) is 24.9 Å². The Labute approximate surface area is 132 Å². The van der Waals surface area contributed by atoms with Crippen molar-refractivity contribution in [2.75, 3.05) is 6.54 Å². The lowest BCUT2D eigenvalue weighted by Gasteiger charge is -2.24. The van der Waals surface area contributed by atoms with Gasteiger partial charge in [-0.1, -0.05) is 6.07 Å². The van der Waals surface area contributed by atoms with Crippen molar-refractivity contribution in [1.82, 2.24) is 14.7 Å². The van der Waals surface area contributed by atoms with Crippen LogP contribution in [0.2, 0.25) is 0 Å². The molecule has 1 N–H and O–H groups in total. The molecule has 23 heavy (non-hydrogen) atoms. The predicted molar refractivity (Wildman–Crippen MR) is 78.7 cm³/mol. The molecule has 0 radical (unpaired) electrons. The molecule has 1 aliphatic heterocycles. The molecule has 0 bridgehead atoms. The van der Waals surface area contributed by atoms with Crippen LogP contribution in [0.5, 0.6) is 0 Å². The molecule has 1 saturated heterocycles. The first-order valence-corrected chi connectivity index (χ1v) is 7.31. The Morgan fingerprint density at radius 1 is 1.35 bits per heavy atom. The number of carbonyl (C=O) groups excluding carboxylic acids is 1. The third kappa shape index (κ3) is 2.84. The van der Waals surface area contributed by atoms with Gasteiger partial charge in [-0.05, 0) is 31.0 Å². The molecule has 3 rings (SSSR count). The summed E-state index contributed by atoms with van der Waals surface area (Å²) in [6.07, 6.45) is 1.20. The van der Waals surface area contributed by atoms with E-state index in [9.17, 15) is 18.7 Å². The number of likely N-dealkylation sites (tertiary alicyclic amines) is 1. The number of rotatable bonds is 2. The SMILES string of the molecule is Cc1nn(C)cc1C(=O)N1C[C@@H](O)C[C@H]1c1ccc(F)c(F)c1. The van der Waals surface area contributed by atoms with Crippen LogP contribution in [-0.2, 0) is 7.05 Å². The second-order valence-corrected chi connectivity index (χ2v) is 5.84. The topological polar surface area (TPSA) is 58.4 Å². The van der Waals surface area contributed by atoms with Gasteiger partial charge in [0.2, 0.25) is 0 Å². The normalized spacial score (nSPS) is 21.0. The Hall–Kier alpha value is -2.28. The Kier molecular flexibility index (Phi) is 3.89. The van der Waals surface area contributed by atoms with Crippen LogP contribution in [0.25, 0.3) is 0 Å². The van der Waals surface area contributed by atoms with Crippen LogP contribution < -0.4 is 0 Å². The molecule has 1 amide bonds. The molecule has 2 aromatic rings. The molecule has 7 heteroatoms. The highest BCUT2D eigenvalue weighted by Crippen LogP contribution is 2.34. The molecule has 0 aliphatic carbocycles. The van der Waals surface area contributed by atoms with E-state index in [1.165, 1.54) is 11.0 Å². The van der Waals surface area contributed by atoms with Crippen molar-refractivity contribution in [1.29, 1.82) is 0 Å². The standard InChI is InChI=1S/C16H17F2N3O2/c1-9-12(8-20(2)19-9)16(23)21-7-11(22)6-15(21)10-3-4-13(17)14(18)5-10/h3-5,8,11,15,22H,6-7H2,1-2H3/t11-,15-/m0/s1. The van der Waals surface area contributed by atoms with Gasteiger partial charge in [-0.3, -0.25) is 9.48 Å². The summed E-state index contributed by atoms with van der Waals surface area (Å²) in [5, 5.41) is 14.1. The van der Waals surface area contributed by atoms with Crippen LogP contribution in [0, 0.1) is 18.6 Å². The molecule has 1 aliphatic rings. The number of amides is 1. The highest BCUT2D eigenvalue weighted by molar-refractivity contribution is 5.95. The van der Waals surface area contributed by atoms with E-state index in [-0.39, 0.29) is 18.9 Å². The number of hydrogen-bond acceptors (Lipinski definition) is 3. The number of carbonyl (C=O) groups is 1. The Morgan fingerprint density at radius 2 is 2.09 bits per heavy atom. The summed E-state index contributed by atoms with van der Waals surface area (Å²) < 4.78 is 28.2. The molecule has 2 atom stereocenters. The van der Waals surface area contributed by atoms with E-state index in [0.717, 1.165) is 12.1 Å². The highest BCUT2D eigenvalue weighted by Gasteiger charge is 2.37. The average molecular weight is 321 g/mol. The summed E-state index contributed by atoms with van der Waals surface area (Å²) >= 11 is 0. The number of aliphatic hydroxyl groups excluding tert-OH is 1. The fraction of sp³-hybridized carbons (Fsp3) is 0.375. The highest BCUT2D eigenvalue weighted by atomic mass is 19.2. The minimum Gasteiger partial charge on any atom is -0.391 e. The number of nitrogens with zero attached hydrogens (tertiary/aromatic N) is 3. The molecule has 2 heterocycles. The first-order valence-electron chi connectivity index (χ1n) is 7.31. The second kappa shape index (κ2) is 5.73. The van der Waals surface area contributed by atoms with E-state index < -0.39 is 23.8 Å². The number of aryl methyl sites for hydroxylation is 2. The molecule has 1 aromatic carbocycles. The smallest absolute Gasteiger partial charge is 0.257 e. The van der Waals surface area contributed by atoms with Crippen molar-refractivity contribution in [3.8, 4) is 0 Å². The van der Waals surface area contributed by atoms with Crippen LogP contribution in [0.1, 0.15) is 34.1 Å². The van der Waals surface area contributed by atoms with Crippen LogP contribution in [0.3, 0.4) is 0 Å². The third-order valence-electron chi connectivity index (χ3n) is 4.11. The first-order chi connectivity index (χ1) is 10.9. The van der Waals surface area contributed by atoms with Gasteiger partial charge in [-0.2, -0.15) is 5.10 Å². The lowest BCUT2D eigenvalue weighted by molar-refractivity contribution is 0.0714. The summed E-state index contributed by atoms with van der Waals surface area (Å²) in [5.74, 6) is -2.18. The molecule has 122 valence electrons. The lowest BCUT2D eigenvalue weighted by atomic mass is 10.0. The minimum absolute atomic E-state index is 0.150. The van der Waals surface area contributed by atoms with Gasteiger partial charge in [-0.15, -0.1) is 0 Å². The molecule has 0 unspecified atom stereocenters. The Balaban J connectivity index is 1.94. The number of β-amino-alcohol motifs (C(OH)–C–C–N with tert-alkyl or cyclic N) is 1.